The van der Waals surface area contributed by atoms with Gasteiger partial charge in [0.1, 0.15) is 5.60 Å². The molecule has 0 saturated heterocycles. The first-order chi connectivity index (χ1) is 10.2. The predicted octanol–water partition coefficient (Wildman–Crippen LogP) is 4.00. The van der Waals surface area contributed by atoms with Gasteiger partial charge in [0, 0.05) is 25.2 Å². The van der Waals surface area contributed by atoms with Crippen LogP contribution in [0.2, 0.25) is 5.02 Å². The number of aryl methyl sites for hydroxylation is 1. The van der Waals surface area contributed by atoms with Crippen LogP contribution < -0.4 is 5.32 Å². The Labute approximate surface area is 138 Å². The molecule has 0 aliphatic heterocycles. The molecule has 0 aromatic heterocycles. The Morgan fingerprint density at radius 2 is 2.05 bits per heavy atom. The van der Waals surface area contributed by atoms with Crippen LogP contribution in [0.15, 0.2) is 18.2 Å². The molecule has 0 heterocycles. The van der Waals surface area contributed by atoms with Gasteiger partial charge in [0.15, 0.2) is 0 Å². The molecule has 1 aromatic carbocycles. The molecule has 0 saturated carbocycles. The van der Waals surface area contributed by atoms with E-state index in [-0.39, 0.29) is 6.09 Å². The van der Waals surface area contributed by atoms with Crippen LogP contribution in [0.1, 0.15) is 38.3 Å². The van der Waals surface area contributed by atoms with Crippen molar-refractivity contribution in [2.45, 2.75) is 46.3 Å². The number of halogens is 1. The summed E-state index contributed by atoms with van der Waals surface area (Å²) in [5.74, 6) is 0. The second-order valence-corrected chi connectivity index (χ2v) is 6.94. The Bertz CT molecular complexity index is 498. The van der Waals surface area contributed by atoms with Crippen molar-refractivity contribution in [3.05, 3.63) is 34.3 Å². The van der Waals surface area contributed by atoms with E-state index in [0.29, 0.717) is 6.54 Å². The van der Waals surface area contributed by atoms with Gasteiger partial charge in [-0.2, -0.15) is 0 Å². The third-order valence-electron chi connectivity index (χ3n) is 3.17. The van der Waals surface area contributed by atoms with Gasteiger partial charge in [-0.1, -0.05) is 17.7 Å². The van der Waals surface area contributed by atoms with Gasteiger partial charge in [-0.15, -0.1) is 0 Å². The minimum atomic E-state index is -0.449. The summed E-state index contributed by atoms with van der Waals surface area (Å²) in [7, 11) is 1.76. The van der Waals surface area contributed by atoms with Crippen molar-refractivity contribution in [2.75, 3.05) is 20.1 Å². The molecular formula is C17H27ClN2O2. The maximum absolute atomic E-state index is 11.8. The number of hydrogen-bond donors (Lipinski definition) is 1. The van der Waals surface area contributed by atoms with E-state index >= 15 is 0 Å². The summed E-state index contributed by atoms with van der Waals surface area (Å²) in [5.41, 5.74) is 1.98. The highest BCUT2D eigenvalue weighted by molar-refractivity contribution is 6.30. The molecule has 0 aliphatic rings. The van der Waals surface area contributed by atoms with E-state index in [9.17, 15) is 4.79 Å². The lowest BCUT2D eigenvalue weighted by atomic mass is 10.1. The first kappa shape index (κ1) is 18.8. The summed E-state index contributed by atoms with van der Waals surface area (Å²) >= 11 is 5.94. The number of hydrogen-bond acceptors (Lipinski definition) is 3. The van der Waals surface area contributed by atoms with Gasteiger partial charge in [0.2, 0.25) is 0 Å². The molecule has 1 N–H and O–H groups in total. The molecule has 5 heteroatoms. The minimum absolute atomic E-state index is 0.277. The SMILES string of the molecule is Cc1cc(Cl)ccc1CNCCCN(C)C(=O)OC(C)(C)C. The maximum Gasteiger partial charge on any atom is 0.410 e. The molecule has 1 rings (SSSR count). The van der Waals surface area contributed by atoms with E-state index in [1.54, 1.807) is 11.9 Å². The average molecular weight is 327 g/mol. The van der Waals surface area contributed by atoms with Crippen molar-refractivity contribution >= 4 is 17.7 Å². The fourth-order valence-electron chi connectivity index (χ4n) is 1.95. The molecule has 124 valence electrons. The number of nitrogens with zero attached hydrogens (tertiary/aromatic N) is 1. The number of carbonyl (C=O) groups excluding carboxylic acids is 1. The fraction of sp³-hybridized carbons (Fsp3) is 0.588. The summed E-state index contributed by atoms with van der Waals surface area (Å²) < 4.78 is 5.31. The molecule has 0 atom stereocenters. The van der Waals surface area contributed by atoms with Gasteiger partial charge in [-0.05, 0) is 63.9 Å². The molecule has 0 spiro atoms. The Hall–Kier alpha value is -1.26. The highest BCUT2D eigenvalue weighted by Crippen LogP contribution is 2.15. The minimum Gasteiger partial charge on any atom is -0.444 e. The molecule has 0 bridgehead atoms. The summed E-state index contributed by atoms with van der Waals surface area (Å²) in [6.45, 7) is 9.98. The van der Waals surface area contributed by atoms with Crippen LogP contribution in [0, 0.1) is 6.92 Å². The van der Waals surface area contributed by atoms with Crippen LogP contribution in [0.25, 0.3) is 0 Å². The van der Waals surface area contributed by atoms with E-state index in [2.05, 4.69) is 12.2 Å². The van der Waals surface area contributed by atoms with Crippen molar-refractivity contribution in [1.82, 2.24) is 10.2 Å². The zero-order valence-electron chi connectivity index (χ0n) is 14.2. The third-order valence-corrected chi connectivity index (χ3v) is 3.41. The van der Waals surface area contributed by atoms with Crippen LogP contribution in [0.5, 0.6) is 0 Å². The average Bonchev–Trinajstić information content (AvgIpc) is 2.38. The maximum atomic E-state index is 11.8. The van der Waals surface area contributed by atoms with E-state index in [0.717, 1.165) is 24.5 Å². The highest BCUT2D eigenvalue weighted by atomic mass is 35.5. The fourth-order valence-corrected chi connectivity index (χ4v) is 2.18. The van der Waals surface area contributed by atoms with Gasteiger partial charge < -0.3 is 15.0 Å². The molecule has 1 aromatic rings. The molecule has 4 nitrogen and oxygen atoms in total. The predicted molar refractivity (Wildman–Crippen MR) is 91.4 cm³/mol. The zero-order chi connectivity index (χ0) is 16.8. The van der Waals surface area contributed by atoms with Crippen molar-refractivity contribution in [2.24, 2.45) is 0 Å². The Morgan fingerprint density at radius 1 is 1.36 bits per heavy atom. The van der Waals surface area contributed by atoms with Crippen molar-refractivity contribution in [1.29, 1.82) is 0 Å². The molecular weight excluding hydrogens is 300 g/mol. The molecule has 0 radical (unpaired) electrons. The lowest BCUT2D eigenvalue weighted by Crippen LogP contribution is -2.35. The number of rotatable bonds is 6. The van der Waals surface area contributed by atoms with Crippen LogP contribution in [-0.4, -0.2) is 36.7 Å². The lowest BCUT2D eigenvalue weighted by molar-refractivity contribution is 0.0297. The Balaban J connectivity index is 2.24. The summed E-state index contributed by atoms with van der Waals surface area (Å²) in [6.07, 6.45) is 0.601. The smallest absolute Gasteiger partial charge is 0.410 e. The monoisotopic (exact) mass is 326 g/mol. The lowest BCUT2D eigenvalue weighted by Gasteiger charge is -2.24. The highest BCUT2D eigenvalue weighted by Gasteiger charge is 2.18. The van der Waals surface area contributed by atoms with Gasteiger partial charge in [-0.3, -0.25) is 0 Å². The normalized spacial score (nSPS) is 11.4. The zero-order valence-corrected chi connectivity index (χ0v) is 15.0. The largest absolute Gasteiger partial charge is 0.444 e. The van der Waals surface area contributed by atoms with E-state index in [4.69, 9.17) is 16.3 Å². The summed E-state index contributed by atoms with van der Waals surface area (Å²) in [5, 5.41) is 4.15. The van der Waals surface area contributed by atoms with Gasteiger partial charge in [-0.25, -0.2) is 4.79 Å². The van der Waals surface area contributed by atoms with E-state index in [1.165, 1.54) is 11.1 Å². The van der Waals surface area contributed by atoms with Crippen LogP contribution in [0.3, 0.4) is 0 Å². The Morgan fingerprint density at radius 3 is 2.64 bits per heavy atom. The topological polar surface area (TPSA) is 41.6 Å². The number of benzene rings is 1. The summed E-state index contributed by atoms with van der Waals surface area (Å²) in [6, 6.07) is 5.91. The van der Waals surface area contributed by atoms with Gasteiger partial charge in [0.25, 0.3) is 0 Å². The second kappa shape index (κ2) is 8.39. The van der Waals surface area contributed by atoms with Crippen molar-refractivity contribution in [3.63, 3.8) is 0 Å². The molecule has 0 unspecified atom stereocenters. The Kier molecular flexibility index (Phi) is 7.17. The van der Waals surface area contributed by atoms with E-state index in [1.807, 2.05) is 39.0 Å². The first-order valence-electron chi connectivity index (χ1n) is 7.59. The van der Waals surface area contributed by atoms with Gasteiger partial charge >= 0.3 is 6.09 Å². The van der Waals surface area contributed by atoms with Crippen molar-refractivity contribution < 1.29 is 9.53 Å². The van der Waals surface area contributed by atoms with Crippen LogP contribution >= 0.6 is 11.6 Å². The van der Waals surface area contributed by atoms with Crippen LogP contribution in [-0.2, 0) is 11.3 Å². The van der Waals surface area contributed by atoms with Crippen molar-refractivity contribution in [3.8, 4) is 0 Å². The molecule has 0 fully saturated rings. The molecule has 1 amide bonds. The standard InChI is InChI=1S/C17H27ClN2O2/c1-13-11-15(18)8-7-14(13)12-19-9-6-10-20(5)16(21)22-17(2,3)4/h7-8,11,19H,6,9-10,12H2,1-5H3. The first-order valence-corrected chi connectivity index (χ1v) is 7.97. The van der Waals surface area contributed by atoms with Gasteiger partial charge in [0.05, 0.1) is 0 Å². The molecule has 0 aliphatic carbocycles. The summed E-state index contributed by atoms with van der Waals surface area (Å²) in [4.78, 5) is 13.4. The quantitative estimate of drug-likeness (QED) is 0.803. The second-order valence-electron chi connectivity index (χ2n) is 6.50. The number of nitrogens with one attached hydrogen (secondary N) is 1. The van der Waals surface area contributed by atoms with E-state index < -0.39 is 5.60 Å². The number of ether oxygens (including phenoxy) is 1. The molecule has 22 heavy (non-hydrogen) atoms. The number of amides is 1. The number of carbonyl (C=O) groups is 1. The van der Waals surface area contributed by atoms with Crippen LogP contribution in [0.4, 0.5) is 4.79 Å². The third kappa shape index (κ3) is 7.14.